The Labute approximate surface area is 133 Å². The second-order valence-corrected chi connectivity index (χ2v) is 4.85. The van der Waals surface area contributed by atoms with Crippen molar-refractivity contribution in [2.24, 2.45) is 5.10 Å². The predicted molar refractivity (Wildman–Crippen MR) is 85.1 cm³/mol. The minimum atomic E-state index is -1.27. The van der Waals surface area contributed by atoms with E-state index in [1.807, 2.05) is 0 Å². The molecule has 0 heterocycles. The number of hydrogen-bond acceptors (Lipinski definition) is 4. The Balaban J connectivity index is 1.97. The summed E-state index contributed by atoms with van der Waals surface area (Å²) >= 11 is 5.99. The van der Waals surface area contributed by atoms with Crippen LogP contribution in [0, 0.1) is 0 Å². The first-order chi connectivity index (χ1) is 10.6. The molecule has 2 N–H and O–H groups in total. The van der Waals surface area contributed by atoms with Crippen LogP contribution in [0.4, 0.5) is 0 Å². The van der Waals surface area contributed by atoms with E-state index >= 15 is 0 Å². The number of methoxy groups -OCH3 is 1. The third-order valence-corrected chi connectivity index (χ3v) is 3.22. The summed E-state index contributed by atoms with van der Waals surface area (Å²) in [5.41, 5.74) is 3.48. The number of aliphatic hydroxyl groups is 1. The van der Waals surface area contributed by atoms with E-state index in [1.165, 1.54) is 13.3 Å². The average Bonchev–Trinajstić information content (AvgIpc) is 2.55. The fourth-order valence-electron chi connectivity index (χ4n) is 1.78. The summed E-state index contributed by atoms with van der Waals surface area (Å²) in [6, 6.07) is 13.7. The van der Waals surface area contributed by atoms with Gasteiger partial charge in [-0.1, -0.05) is 41.9 Å². The van der Waals surface area contributed by atoms with Gasteiger partial charge in [0.25, 0.3) is 5.91 Å². The van der Waals surface area contributed by atoms with Gasteiger partial charge in [-0.3, -0.25) is 4.79 Å². The maximum absolute atomic E-state index is 11.8. The molecule has 0 aliphatic rings. The van der Waals surface area contributed by atoms with Crippen LogP contribution >= 0.6 is 11.6 Å². The Kier molecular flexibility index (Phi) is 5.52. The van der Waals surface area contributed by atoms with Gasteiger partial charge < -0.3 is 9.84 Å². The fourth-order valence-corrected chi connectivity index (χ4v) is 2.05. The van der Waals surface area contributed by atoms with Gasteiger partial charge in [0.15, 0.2) is 6.10 Å². The largest absolute Gasteiger partial charge is 0.495 e. The van der Waals surface area contributed by atoms with Crippen molar-refractivity contribution in [1.29, 1.82) is 0 Å². The molecule has 0 radical (unpaired) electrons. The summed E-state index contributed by atoms with van der Waals surface area (Å²) in [4.78, 5) is 11.8. The van der Waals surface area contributed by atoms with Gasteiger partial charge in [-0.05, 0) is 29.3 Å². The number of ether oxygens (including phenoxy) is 1. The molecule has 2 rings (SSSR count). The van der Waals surface area contributed by atoms with Gasteiger partial charge in [0.2, 0.25) is 0 Å². The normalized spacial score (nSPS) is 12.1. The molecular weight excluding hydrogens is 304 g/mol. The molecule has 22 heavy (non-hydrogen) atoms. The van der Waals surface area contributed by atoms with Crippen LogP contribution in [0.25, 0.3) is 0 Å². The third-order valence-electron chi connectivity index (χ3n) is 2.93. The highest BCUT2D eigenvalue weighted by Gasteiger charge is 2.15. The molecule has 1 unspecified atom stereocenters. The van der Waals surface area contributed by atoms with Crippen LogP contribution in [-0.2, 0) is 4.79 Å². The number of rotatable bonds is 5. The Morgan fingerprint density at radius 1 is 1.32 bits per heavy atom. The highest BCUT2D eigenvalue weighted by Crippen LogP contribution is 2.24. The molecule has 1 atom stereocenters. The smallest absolute Gasteiger partial charge is 0.273 e. The van der Waals surface area contributed by atoms with Crippen molar-refractivity contribution < 1.29 is 14.6 Å². The van der Waals surface area contributed by atoms with E-state index in [-0.39, 0.29) is 0 Å². The number of nitrogens with one attached hydrogen (secondary N) is 1. The number of carbonyl (C=O) groups excluding carboxylic acids is 1. The van der Waals surface area contributed by atoms with Crippen molar-refractivity contribution in [2.45, 2.75) is 6.10 Å². The van der Waals surface area contributed by atoms with Crippen LogP contribution in [0.3, 0.4) is 0 Å². The molecule has 5 nitrogen and oxygen atoms in total. The van der Waals surface area contributed by atoms with E-state index < -0.39 is 12.0 Å². The van der Waals surface area contributed by atoms with Gasteiger partial charge in [-0.15, -0.1) is 0 Å². The highest BCUT2D eigenvalue weighted by atomic mass is 35.5. The minimum Gasteiger partial charge on any atom is -0.495 e. The summed E-state index contributed by atoms with van der Waals surface area (Å²) < 4.78 is 5.04. The summed E-state index contributed by atoms with van der Waals surface area (Å²) in [5, 5.41) is 14.1. The van der Waals surface area contributed by atoms with Crippen molar-refractivity contribution in [3.63, 3.8) is 0 Å². The first-order valence-corrected chi connectivity index (χ1v) is 6.89. The zero-order chi connectivity index (χ0) is 15.9. The number of nitrogens with zero attached hydrogens (tertiary/aromatic N) is 1. The Hall–Kier alpha value is -2.37. The first-order valence-electron chi connectivity index (χ1n) is 6.51. The van der Waals surface area contributed by atoms with Gasteiger partial charge in [-0.2, -0.15) is 5.10 Å². The van der Waals surface area contributed by atoms with E-state index in [4.69, 9.17) is 16.3 Å². The monoisotopic (exact) mass is 318 g/mol. The molecule has 2 aromatic carbocycles. The molecule has 0 aromatic heterocycles. The Bertz CT molecular complexity index is 674. The molecular formula is C16H15ClN2O3. The Morgan fingerprint density at radius 2 is 2.05 bits per heavy atom. The number of hydrazone groups is 1. The maximum Gasteiger partial charge on any atom is 0.273 e. The van der Waals surface area contributed by atoms with E-state index in [9.17, 15) is 9.90 Å². The lowest BCUT2D eigenvalue weighted by Crippen LogP contribution is -2.25. The van der Waals surface area contributed by atoms with Crippen LogP contribution in [0.2, 0.25) is 5.02 Å². The number of amides is 1. The molecule has 0 saturated carbocycles. The molecule has 0 aliphatic carbocycles. The molecule has 0 saturated heterocycles. The van der Waals surface area contributed by atoms with Crippen molar-refractivity contribution in [2.75, 3.05) is 7.11 Å². The second-order valence-electron chi connectivity index (χ2n) is 4.44. The van der Waals surface area contributed by atoms with Gasteiger partial charge in [-0.25, -0.2) is 5.43 Å². The number of halogens is 1. The van der Waals surface area contributed by atoms with Gasteiger partial charge >= 0.3 is 0 Å². The summed E-state index contributed by atoms with van der Waals surface area (Å²) in [5.74, 6) is -0.0515. The molecule has 0 aliphatic heterocycles. The van der Waals surface area contributed by atoms with E-state index in [0.717, 1.165) is 0 Å². The van der Waals surface area contributed by atoms with Crippen molar-refractivity contribution in [3.05, 3.63) is 64.7 Å². The maximum atomic E-state index is 11.8. The summed E-state index contributed by atoms with van der Waals surface area (Å²) in [6.45, 7) is 0. The van der Waals surface area contributed by atoms with Crippen molar-refractivity contribution >= 4 is 23.7 Å². The van der Waals surface area contributed by atoms with Crippen molar-refractivity contribution in [1.82, 2.24) is 5.43 Å². The zero-order valence-electron chi connectivity index (χ0n) is 11.9. The quantitative estimate of drug-likeness (QED) is 0.657. The van der Waals surface area contributed by atoms with Gasteiger partial charge in [0.05, 0.1) is 18.3 Å². The molecule has 0 bridgehead atoms. The molecule has 2 aromatic rings. The van der Waals surface area contributed by atoms with Crippen molar-refractivity contribution in [3.8, 4) is 5.75 Å². The third kappa shape index (κ3) is 4.07. The first kappa shape index (κ1) is 16.0. The van der Waals surface area contributed by atoms with Gasteiger partial charge in [0.1, 0.15) is 5.75 Å². The number of aliphatic hydroxyl groups excluding tert-OH is 1. The zero-order valence-corrected chi connectivity index (χ0v) is 12.6. The minimum absolute atomic E-state index is 0.446. The SMILES string of the molecule is COc1ccc(C=NNC(=O)C(O)c2ccccc2)cc1Cl. The van der Waals surface area contributed by atoms with Crippen LogP contribution in [0.1, 0.15) is 17.2 Å². The number of carbonyl (C=O) groups is 1. The predicted octanol–water partition coefficient (Wildman–Crippen LogP) is 2.53. The standard InChI is InChI=1S/C16H15ClN2O3/c1-22-14-8-7-11(9-13(14)17)10-18-19-16(21)15(20)12-5-3-2-4-6-12/h2-10,15,20H,1H3,(H,19,21). The lowest BCUT2D eigenvalue weighted by atomic mass is 10.1. The lowest BCUT2D eigenvalue weighted by molar-refractivity contribution is -0.129. The second kappa shape index (κ2) is 7.59. The fraction of sp³-hybridized carbons (Fsp3) is 0.125. The van der Waals surface area contributed by atoms with Crippen LogP contribution < -0.4 is 10.2 Å². The van der Waals surface area contributed by atoms with E-state index in [1.54, 1.807) is 48.5 Å². The molecule has 114 valence electrons. The molecule has 0 spiro atoms. The molecule has 6 heteroatoms. The summed E-state index contributed by atoms with van der Waals surface area (Å²) in [7, 11) is 1.53. The van der Waals surface area contributed by atoms with E-state index in [0.29, 0.717) is 21.9 Å². The van der Waals surface area contributed by atoms with Crippen LogP contribution in [-0.4, -0.2) is 24.3 Å². The molecule has 0 fully saturated rings. The van der Waals surface area contributed by atoms with E-state index in [2.05, 4.69) is 10.5 Å². The highest BCUT2D eigenvalue weighted by molar-refractivity contribution is 6.32. The number of benzene rings is 2. The van der Waals surface area contributed by atoms with Crippen LogP contribution in [0.15, 0.2) is 53.6 Å². The average molecular weight is 319 g/mol. The van der Waals surface area contributed by atoms with Crippen LogP contribution in [0.5, 0.6) is 5.75 Å². The molecule has 1 amide bonds. The Morgan fingerprint density at radius 3 is 2.68 bits per heavy atom. The van der Waals surface area contributed by atoms with Gasteiger partial charge in [0, 0.05) is 0 Å². The number of hydrogen-bond donors (Lipinski definition) is 2. The topological polar surface area (TPSA) is 70.9 Å². The lowest BCUT2D eigenvalue weighted by Gasteiger charge is -2.08. The summed E-state index contributed by atoms with van der Waals surface area (Å²) in [6.07, 6.45) is 0.166.